The summed E-state index contributed by atoms with van der Waals surface area (Å²) in [7, 11) is 0. The Bertz CT molecular complexity index is 916. The highest BCUT2D eigenvalue weighted by Crippen LogP contribution is 2.65. The minimum atomic E-state index is -0.242. The lowest BCUT2D eigenvalue weighted by Gasteiger charge is -2.55. The van der Waals surface area contributed by atoms with Gasteiger partial charge in [0.1, 0.15) is 5.78 Å². The number of thioether (sulfide) groups is 1. The molecule has 158 valence electrons. The summed E-state index contributed by atoms with van der Waals surface area (Å²) in [6.07, 6.45) is 11.9. The zero-order chi connectivity index (χ0) is 20.9. The van der Waals surface area contributed by atoms with Crippen LogP contribution in [-0.2, 0) is 16.0 Å². The first-order chi connectivity index (χ1) is 14.4. The van der Waals surface area contributed by atoms with Gasteiger partial charge in [0.2, 0.25) is 0 Å². The van der Waals surface area contributed by atoms with Crippen LogP contribution in [0.25, 0.3) is 0 Å². The number of hydrogen-bond donors (Lipinski definition) is 0. The Kier molecular flexibility index (Phi) is 5.08. The van der Waals surface area contributed by atoms with E-state index in [0.717, 1.165) is 25.0 Å². The highest BCUT2D eigenvalue weighted by atomic mass is 32.2. The fourth-order valence-electron chi connectivity index (χ4n) is 7.22. The first kappa shape index (κ1) is 20.3. The van der Waals surface area contributed by atoms with Gasteiger partial charge in [0.15, 0.2) is 5.78 Å². The summed E-state index contributed by atoms with van der Waals surface area (Å²) in [5.41, 5.74) is 2.49. The van der Waals surface area contributed by atoms with E-state index in [9.17, 15) is 9.59 Å². The number of hydrogen-bond acceptors (Lipinski definition) is 3. The van der Waals surface area contributed by atoms with Crippen LogP contribution in [0.3, 0.4) is 0 Å². The van der Waals surface area contributed by atoms with Crippen LogP contribution < -0.4 is 0 Å². The molecule has 0 radical (unpaired) electrons. The van der Waals surface area contributed by atoms with Crippen molar-refractivity contribution in [2.45, 2.75) is 57.6 Å². The molecule has 0 heterocycles. The largest absolute Gasteiger partial charge is 0.299 e. The van der Waals surface area contributed by atoms with Gasteiger partial charge in [0, 0.05) is 23.0 Å². The Morgan fingerprint density at radius 1 is 1.07 bits per heavy atom. The monoisotopic (exact) mass is 420 g/mol. The first-order valence-electron chi connectivity index (χ1n) is 11.5. The fraction of sp³-hybridized carbons (Fsp3) is 0.556. The lowest BCUT2D eigenvalue weighted by atomic mass is 9.48. The molecule has 5 rings (SSSR count). The number of fused-ring (bicyclic) bond motifs is 5. The van der Waals surface area contributed by atoms with Gasteiger partial charge in [0.05, 0.1) is 0 Å². The third-order valence-electron chi connectivity index (χ3n) is 8.72. The summed E-state index contributed by atoms with van der Waals surface area (Å²) in [6, 6.07) is 10.7. The average Bonchev–Trinajstić information content (AvgIpc) is 3.05. The normalized spacial score (nSPS) is 39.9. The summed E-state index contributed by atoms with van der Waals surface area (Å²) in [6.45, 7) is 4.62. The highest BCUT2D eigenvalue weighted by Gasteiger charge is 2.61. The molecule has 2 nitrogen and oxygen atoms in total. The molecule has 4 aliphatic carbocycles. The quantitative estimate of drug-likeness (QED) is 0.616. The number of allylic oxidation sites excluding steroid dienone is 4. The third kappa shape index (κ3) is 3.16. The van der Waals surface area contributed by atoms with Crippen LogP contribution in [0.2, 0.25) is 0 Å². The fourth-order valence-corrected chi connectivity index (χ4v) is 8.80. The van der Waals surface area contributed by atoms with E-state index >= 15 is 0 Å². The number of benzene rings is 1. The molecule has 3 saturated carbocycles. The molecule has 0 unspecified atom stereocenters. The van der Waals surface area contributed by atoms with Gasteiger partial charge in [-0.1, -0.05) is 55.8 Å². The predicted molar refractivity (Wildman–Crippen MR) is 123 cm³/mol. The maximum atomic E-state index is 13.6. The molecule has 6 atom stereocenters. The maximum absolute atomic E-state index is 13.6. The van der Waals surface area contributed by atoms with Crippen LogP contribution in [0, 0.1) is 28.6 Å². The standard InChI is InChI=1S/C27H32O2S/c1-26-14-12-20(28)16-19(26)8-9-21-22-10-11-24(27(22,2)17-23(29)25(21)26)30-15-13-18-6-4-3-5-7-18/h3-7,12,14,16,21-22,24-25H,8-11,13,15,17H2,1-2H3/t21-,22-,24+,25+,26-,27-/m0/s1. The molecule has 0 saturated heterocycles. The van der Waals surface area contributed by atoms with Gasteiger partial charge in [-0.2, -0.15) is 11.8 Å². The molecule has 4 aliphatic rings. The lowest BCUT2D eigenvalue weighted by molar-refractivity contribution is -0.140. The van der Waals surface area contributed by atoms with Crippen molar-refractivity contribution in [3.8, 4) is 0 Å². The molecule has 30 heavy (non-hydrogen) atoms. The van der Waals surface area contributed by atoms with Gasteiger partial charge < -0.3 is 0 Å². The molecule has 0 amide bonds. The van der Waals surface area contributed by atoms with Crippen molar-refractivity contribution in [3.63, 3.8) is 0 Å². The molecule has 0 bridgehead atoms. The molecular weight excluding hydrogens is 388 g/mol. The van der Waals surface area contributed by atoms with Crippen molar-refractivity contribution in [1.29, 1.82) is 0 Å². The van der Waals surface area contributed by atoms with E-state index in [1.54, 1.807) is 6.08 Å². The van der Waals surface area contributed by atoms with Crippen LogP contribution in [0.1, 0.15) is 51.5 Å². The van der Waals surface area contributed by atoms with Crippen molar-refractivity contribution in [1.82, 2.24) is 0 Å². The van der Waals surface area contributed by atoms with E-state index in [0.29, 0.717) is 29.3 Å². The van der Waals surface area contributed by atoms with E-state index in [4.69, 9.17) is 0 Å². The lowest BCUT2D eigenvalue weighted by Crippen LogP contribution is -2.54. The van der Waals surface area contributed by atoms with E-state index < -0.39 is 0 Å². The number of ketones is 2. The number of carbonyl (C=O) groups excluding carboxylic acids is 2. The minimum Gasteiger partial charge on any atom is -0.299 e. The number of Topliss-reactive ketones (excluding diaryl/α,β-unsaturated/α-hetero) is 1. The second-order valence-corrected chi connectivity index (χ2v) is 11.6. The van der Waals surface area contributed by atoms with Crippen molar-refractivity contribution in [2.24, 2.45) is 28.6 Å². The molecule has 0 aromatic heterocycles. The summed E-state index contributed by atoms with van der Waals surface area (Å²) < 4.78 is 0. The first-order valence-corrected chi connectivity index (χ1v) is 12.6. The van der Waals surface area contributed by atoms with Gasteiger partial charge in [-0.25, -0.2) is 0 Å². The molecule has 3 fully saturated rings. The van der Waals surface area contributed by atoms with Crippen LogP contribution in [0.5, 0.6) is 0 Å². The van der Waals surface area contributed by atoms with Crippen molar-refractivity contribution >= 4 is 23.3 Å². The average molecular weight is 421 g/mol. The van der Waals surface area contributed by atoms with E-state index in [2.05, 4.69) is 62.0 Å². The van der Waals surface area contributed by atoms with Crippen LogP contribution in [0.15, 0.2) is 54.1 Å². The Hall–Kier alpha value is -1.61. The Morgan fingerprint density at radius 2 is 1.87 bits per heavy atom. The third-order valence-corrected chi connectivity index (χ3v) is 10.3. The second kappa shape index (κ2) is 7.51. The second-order valence-electron chi connectivity index (χ2n) is 10.3. The van der Waals surface area contributed by atoms with Crippen LogP contribution in [0.4, 0.5) is 0 Å². The van der Waals surface area contributed by atoms with Crippen molar-refractivity contribution in [2.75, 3.05) is 5.75 Å². The van der Waals surface area contributed by atoms with E-state index in [1.807, 2.05) is 6.08 Å². The number of rotatable bonds is 4. The Morgan fingerprint density at radius 3 is 2.67 bits per heavy atom. The summed E-state index contributed by atoms with van der Waals surface area (Å²) in [4.78, 5) is 25.5. The van der Waals surface area contributed by atoms with Gasteiger partial charge in [-0.3, -0.25) is 9.59 Å². The molecule has 1 aromatic rings. The minimum absolute atomic E-state index is 0.0630. The summed E-state index contributed by atoms with van der Waals surface area (Å²) >= 11 is 2.10. The molecule has 0 spiro atoms. The predicted octanol–water partition coefficient (Wildman–Crippen LogP) is 5.82. The molecular formula is C27H32O2S. The maximum Gasteiger partial charge on any atom is 0.178 e. The van der Waals surface area contributed by atoms with Gasteiger partial charge in [-0.05, 0) is 72.8 Å². The highest BCUT2D eigenvalue weighted by molar-refractivity contribution is 7.99. The molecule has 0 N–H and O–H groups in total. The van der Waals surface area contributed by atoms with Crippen LogP contribution >= 0.6 is 11.8 Å². The molecule has 3 heteroatoms. The molecule has 0 aliphatic heterocycles. The zero-order valence-corrected chi connectivity index (χ0v) is 18.9. The summed E-state index contributed by atoms with van der Waals surface area (Å²) in [5.74, 6) is 2.84. The van der Waals surface area contributed by atoms with Crippen molar-refractivity contribution < 1.29 is 9.59 Å². The summed E-state index contributed by atoms with van der Waals surface area (Å²) in [5, 5.41) is 0.587. The van der Waals surface area contributed by atoms with E-state index in [1.165, 1.54) is 24.0 Å². The Labute approximate surface area is 184 Å². The van der Waals surface area contributed by atoms with Gasteiger partial charge in [-0.15, -0.1) is 0 Å². The van der Waals surface area contributed by atoms with Gasteiger partial charge in [0.25, 0.3) is 0 Å². The van der Waals surface area contributed by atoms with E-state index in [-0.39, 0.29) is 22.5 Å². The smallest absolute Gasteiger partial charge is 0.178 e. The van der Waals surface area contributed by atoms with Crippen molar-refractivity contribution in [3.05, 3.63) is 59.7 Å². The SMILES string of the molecule is C[C@]12CC(=O)[C@H]3[C@@H](CCC4=CC(=O)C=C[C@@]43C)[C@@H]1CC[C@H]2SCCc1ccccc1. The zero-order valence-electron chi connectivity index (χ0n) is 18.1. The van der Waals surface area contributed by atoms with Gasteiger partial charge >= 0.3 is 0 Å². The topological polar surface area (TPSA) is 34.1 Å². The number of carbonyl (C=O) groups is 2. The van der Waals surface area contributed by atoms with Crippen LogP contribution in [-0.4, -0.2) is 22.6 Å². The molecule has 1 aromatic carbocycles. The Balaban J connectivity index is 1.34. The number of aryl methyl sites for hydroxylation is 1.